The van der Waals surface area contributed by atoms with E-state index in [1.54, 1.807) is 0 Å². The lowest BCUT2D eigenvalue weighted by Crippen LogP contribution is -2.44. The second-order valence-electron chi connectivity index (χ2n) is 4.10. The van der Waals surface area contributed by atoms with Crippen LogP contribution in [0.2, 0.25) is 12.1 Å². The van der Waals surface area contributed by atoms with E-state index < -0.39 is 8.56 Å². The topological polar surface area (TPSA) is 70.5 Å². The minimum atomic E-state index is -2.03. The highest BCUT2D eigenvalue weighted by Crippen LogP contribution is 2.23. The van der Waals surface area contributed by atoms with Crippen molar-refractivity contribution in [2.75, 3.05) is 19.7 Å². The second kappa shape index (κ2) is 9.12. The molecule has 4 nitrogen and oxygen atoms in total. The Labute approximate surface area is 101 Å². The van der Waals surface area contributed by atoms with Crippen molar-refractivity contribution >= 4 is 8.56 Å². The van der Waals surface area contributed by atoms with Crippen molar-refractivity contribution in [2.45, 2.75) is 51.8 Å². The third kappa shape index (κ3) is 5.96. The van der Waals surface area contributed by atoms with Gasteiger partial charge in [-0.15, -0.1) is 0 Å². The molecule has 0 fully saturated rings. The molecule has 0 aromatic carbocycles. The highest BCUT2D eigenvalue weighted by molar-refractivity contribution is 6.67. The molecular formula is C11H28N2O2Si. The summed E-state index contributed by atoms with van der Waals surface area (Å²) < 4.78 is 12.1. The first-order valence-electron chi connectivity index (χ1n) is 6.36. The van der Waals surface area contributed by atoms with Crippen LogP contribution in [-0.2, 0) is 8.85 Å². The lowest BCUT2D eigenvalue weighted by Gasteiger charge is -2.32. The number of hydrogen-bond acceptors (Lipinski definition) is 4. The van der Waals surface area contributed by atoms with E-state index in [4.69, 9.17) is 20.3 Å². The fourth-order valence-corrected chi connectivity index (χ4v) is 5.00. The molecular weight excluding hydrogens is 220 g/mol. The van der Waals surface area contributed by atoms with E-state index in [1.165, 1.54) is 0 Å². The largest absolute Gasteiger partial charge is 0.394 e. The minimum Gasteiger partial charge on any atom is -0.394 e. The Kier molecular flexibility index (Phi) is 9.16. The smallest absolute Gasteiger partial charge is 0.338 e. The zero-order chi connectivity index (χ0) is 12.4. The summed E-state index contributed by atoms with van der Waals surface area (Å²) in [5.41, 5.74) is 11.1. The van der Waals surface area contributed by atoms with Crippen LogP contribution in [0.15, 0.2) is 0 Å². The molecule has 0 saturated carbocycles. The summed E-state index contributed by atoms with van der Waals surface area (Å²) in [5.74, 6) is 0. The lowest BCUT2D eigenvalue weighted by molar-refractivity contribution is 0.122. The molecule has 98 valence electrons. The van der Waals surface area contributed by atoms with Gasteiger partial charge in [0.05, 0.1) is 0 Å². The molecule has 0 rings (SSSR count). The predicted octanol–water partition coefficient (Wildman–Crippen LogP) is 1.59. The summed E-state index contributed by atoms with van der Waals surface area (Å²) >= 11 is 0. The first-order valence-corrected chi connectivity index (χ1v) is 8.59. The number of rotatable bonds is 10. The molecule has 0 radical (unpaired) electrons. The molecule has 2 atom stereocenters. The monoisotopic (exact) mass is 248 g/mol. The summed E-state index contributed by atoms with van der Waals surface area (Å²) in [6.07, 6.45) is 2.07. The Morgan fingerprint density at radius 1 is 1.19 bits per heavy atom. The van der Waals surface area contributed by atoms with Gasteiger partial charge in [-0.3, -0.25) is 0 Å². The Balaban J connectivity index is 4.35. The molecule has 0 spiro atoms. The maximum absolute atomic E-state index is 6.15. The summed E-state index contributed by atoms with van der Waals surface area (Å²) in [7, 11) is -2.03. The second-order valence-corrected chi connectivity index (χ2v) is 7.65. The molecule has 0 aliphatic heterocycles. The van der Waals surface area contributed by atoms with Crippen molar-refractivity contribution in [2.24, 2.45) is 11.5 Å². The highest BCUT2D eigenvalue weighted by atomic mass is 28.4. The molecule has 2 unspecified atom stereocenters. The zero-order valence-electron chi connectivity index (χ0n) is 11.0. The molecule has 0 aliphatic carbocycles. The molecule has 0 aliphatic rings. The van der Waals surface area contributed by atoms with E-state index in [9.17, 15) is 0 Å². The van der Waals surface area contributed by atoms with Crippen LogP contribution in [0, 0.1) is 0 Å². The Morgan fingerprint density at radius 2 is 1.88 bits per heavy atom. The maximum atomic E-state index is 6.15. The Hall–Kier alpha value is 0.0569. The van der Waals surface area contributed by atoms with Crippen LogP contribution in [-0.4, -0.2) is 34.4 Å². The van der Waals surface area contributed by atoms with Crippen LogP contribution < -0.4 is 11.5 Å². The van der Waals surface area contributed by atoms with E-state index >= 15 is 0 Å². The summed E-state index contributed by atoms with van der Waals surface area (Å²) in [6.45, 7) is 8.34. The molecule has 0 aromatic rings. The van der Waals surface area contributed by atoms with E-state index in [1.807, 2.05) is 6.92 Å². The first kappa shape index (κ1) is 16.1. The average Bonchev–Trinajstić information content (AvgIpc) is 2.26. The summed E-state index contributed by atoms with van der Waals surface area (Å²) in [6, 6.07) is 1.97. The quantitative estimate of drug-likeness (QED) is 0.576. The standard InChI is InChI=1S/C11H28N2O2Si/c1-4-14-16(5-2,10-6-8-12)15-11(3)7-9-13/h11H,4-10,12-13H2,1-3H3. The van der Waals surface area contributed by atoms with Gasteiger partial charge < -0.3 is 20.3 Å². The van der Waals surface area contributed by atoms with Gasteiger partial charge in [0.2, 0.25) is 0 Å². The van der Waals surface area contributed by atoms with Crippen molar-refractivity contribution < 1.29 is 8.85 Å². The average molecular weight is 248 g/mol. The van der Waals surface area contributed by atoms with Crippen LogP contribution >= 0.6 is 0 Å². The van der Waals surface area contributed by atoms with Gasteiger partial charge >= 0.3 is 8.56 Å². The van der Waals surface area contributed by atoms with Gasteiger partial charge in [0.25, 0.3) is 0 Å². The fraction of sp³-hybridized carbons (Fsp3) is 1.00. The molecule has 4 N–H and O–H groups in total. The predicted molar refractivity (Wildman–Crippen MR) is 70.6 cm³/mol. The van der Waals surface area contributed by atoms with E-state index in [2.05, 4.69) is 13.8 Å². The van der Waals surface area contributed by atoms with Crippen molar-refractivity contribution in [3.8, 4) is 0 Å². The third-order valence-corrected chi connectivity index (χ3v) is 6.54. The molecule has 5 heteroatoms. The van der Waals surface area contributed by atoms with Crippen molar-refractivity contribution in [3.63, 3.8) is 0 Å². The van der Waals surface area contributed by atoms with Gasteiger partial charge in [0.1, 0.15) is 0 Å². The van der Waals surface area contributed by atoms with E-state index in [0.717, 1.165) is 31.5 Å². The molecule has 0 bridgehead atoms. The lowest BCUT2D eigenvalue weighted by atomic mass is 10.3. The van der Waals surface area contributed by atoms with Gasteiger partial charge in [-0.05, 0) is 51.9 Å². The highest BCUT2D eigenvalue weighted by Gasteiger charge is 2.36. The van der Waals surface area contributed by atoms with Crippen LogP contribution in [0.5, 0.6) is 0 Å². The Bertz CT molecular complexity index is 172. The maximum Gasteiger partial charge on any atom is 0.338 e. The van der Waals surface area contributed by atoms with Gasteiger partial charge in [0.15, 0.2) is 0 Å². The minimum absolute atomic E-state index is 0.195. The molecule has 0 heterocycles. The fourth-order valence-electron chi connectivity index (χ4n) is 1.82. The Morgan fingerprint density at radius 3 is 2.31 bits per heavy atom. The van der Waals surface area contributed by atoms with Crippen LogP contribution in [0.25, 0.3) is 0 Å². The molecule has 16 heavy (non-hydrogen) atoms. The normalized spacial score (nSPS) is 17.1. The summed E-state index contributed by atoms with van der Waals surface area (Å²) in [4.78, 5) is 0. The molecule has 0 amide bonds. The van der Waals surface area contributed by atoms with Crippen LogP contribution in [0.4, 0.5) is 0 Å². The molecule has 0 saturated heterocycles. The van der Waals surface area contributed by atoms with Crippen molar-refractivity contribution in [1.29, 1.82) is 0 Å². The van der Waals surface area contributed by atoms with Gasteiger partial charge in [-0.25, -0.2) is 0 Å². The van der Waals surface area contributed by atoms with Crippen molar-refractivity contribution in [3.05, 3.63) is 0 Å². The van der Waals surface area contributed by atoms with Crippen LogP contribution in [0.1, 0.15) is 33.6 Å². The van der Waals surface area contributed by atoms with E-state index in [0.29, 0.717) is 13.1 Å². The third-order valence-electron chi connectivity index (χ3n) is 2.70. The summed E-state index contributed by atoms with van der Waals surface area (Å²) in [5, 5.41) is 0. The van der Waals surface area contributed by atoms with Crippen LogP contribution in [0.3, 0.4) is 0 Å². The van der Waals surface area contributed by atoms with Crippen molar-refractivity contribution in [1.82, 2.24) is 0 Å². The van der Waals surface area contributed by atoms with Gasteiger partial charge in [0, 0.05) is 12.7 Å². The van der Waals surface area contributed by atoms with Gasteiger partial charge in [-0.2, -0.15) is 0 Å². The zero-order valence-corrected chi connectivity index (χ0v) is 12.0. The van der Waals surface area contributed by atoms with Gasteiger partial charge in [-0.1, -0.05) is 6.92 Å². The number of hydrogen-bond donors (Lipinski definition) is 2. The molecule has 0 aromatic heterocycles. The SMILES string of the molecule is CCO[Si](CC)(CCCN)OC(C)CCN. The first-order chi connectivity index (χ1) is 7.64. The number of nitrogens with two attached hydrogens (primary N) is 2. The van der Waals surface area contributed by atoms with E-state index in [-0.39, 0.29) is 6.10 Å².